The molecule has 3 rings (SSSR count). The molecule has 1 saturated heterocycles. The third kappa shape index (κ3) is 5.90. The van der Waals surface area contributed by atoms with Gasteiger partial charge < -0.3 is 15.5 Å². The van der Waals surface area contributed by atoms with Crippen LogP contribution in [0.2, 0.25) is 0 Å². The summed E-state index contributed by atoms with van der Waals surface area (Å²) in [7, 11) is 0. The number of hydrogen-bond acceptors (Lipinski definition) is 3. The maximum atomic E-state index is 13.5. The van der Waals surface area contributed by atoms with Crippen LogP contribution in [0.3, 0.4) is 0 Å². The van der Waals surface area contributed by atoms with Crippen LogP contribution in [0.4, 0.5) is 14.6 Å². The second-order valence-corrected chi connectivity index (χ2v) is 7.89. The van der Waals surface area contributed by atoms with E-state index in [4.69, 9.17) is 0 Å². The molecule has 30 heavy (non-hydrogen) atoms. The van der Waals surface area contributed by atoms with Gasteiger partial charge >= 0.3 is 0 Å². The van der Waals surface area contributed by atoms with Crippen molar-refractivity contribution in [3.8, 4) is 0 Å². The molecule has 2 N–H and O–H groups in total. The molecular weight excluding hydrogens is 384 g/mol. The van der Waals surface area contributed by atoms with Crippen LogP contribution in [0.25, 0.3) is 0 Å². The average molecular weight is 416 g/mol. The monoisotopic (exact) mass is 415 g/mol. The fourth-order valence-electron chi connectivity index (χ4n) is 3.57. The Balaban J connectivity index is 1.54. The van der Waals surface area contributed by atoms with Crippen LogP contribution >= 0.6 is 0 Å². The Hall–Kier alpha value is -2.70. The SMILES string of the molecule is CCNC(=NCC(C)c1ccc(F)c(F)c1)NC1CCN(c2ccc(C)cn2)CC1. The van der Waals surface area contributed by atoms with E-state index in [-0.39, 0.29) is 5.92 Å². The largest absolute Gasteiger partial charge is 0.357 e. The number of aryl methyl sites for hydroxylation is 1. The van der Waals surface area contributed by atoms with Crippen molar-refractivity contribution in [2.24, 2.45) is 4.99 Å². The van der Waals surface area contributed by atoms with Crippen LogP contribution in [0, 0.1) is 18.6 Å². The number of guanidine groups is 1. The van der Waals surface area contributed by atoms with Crippen molar-refractivity contribution >= 4 is 11.8 Å². The highest BCUT2D eigenvalue weighted by Gasteiger charge is 2.21. The van der Waals surface area contributed by atoms with Crippen molar-refractivity contribution < 1.29 is 8.78 Å². The highest BCUT2D eigenvalue weighted by atomic mass is 19.2. The van der Waals surface area contributed by atoms with Crippen molar-refractivity contribution in [3.63, 3.8) is 0 Å². The number of rotatable bonds is 6. The first-order chi connectivity index (χ1) is 14.5. The van der Waals surface area contributed by atoms with Gasteiger partial charge in [0.25, 0.3) is 0 Å². The molecule has 1 atom stereocenters. The maximum Gasteiger partial charge on any atom is 0.191 e. The van der Waals surface area contributed by atoms with Gasteiger partial charge in [-0.3, -0.25) is 4.99 Å². The van der Waals surface area contributed by atoms with Crippen LogP contribution in [0.5, 0.6) is 0 Å². The lowest BCUT2D eigenvalue weighted by Gasteiger charge is -2.34. The van der Waals surface area contributed by atoms with Gasteiger partial charge in [-0.25, -0.2) is 13.8 Å². The number of anilines is 1. The molecule has 1 unspecified atom stereocenters. The number of halogens is 2. The molecule has 2 heterocycles. The Morgan fingerprint density at radius 2 is 1.97 bits per heavy atom. The number of aliphatic imine (C=N–C) groups is 1. The van der Waals surface area contributed by atoms with Gasteiger partial charge in [0.05, 0.1) is 0 Å². The van der Waals surface area contributed by atoms with E-state index in [9.17, 15) is 8.78 Å². The van der Waals surface area contributed by atoms with Gasteiger partial charge in [0.2, 0.25) is 0 Å². The Morgan fingerprint density at radius 1 is 1.20 bits per heavy atom. The molecule has 2 aromatic rings. The Kier molecular flexibility index (Phi) is 7.60. The van der Waals surface area contributed by atoms with Gasteiger partial charge in [-0.1, -0.05) is 19.1 Å². The number of aromatic nitrogens is 1. The summed E-state index contributed by atoms with van der Waals surface area (Å²) in [6, 6.07) is 8.55. The van der Waals surface area contributed by atoms with Gasteiger partial charge in [-0.2, -0.15) is 0 Å². The van der Waals surface area contributed by atoms with E-state index in [0.717, 1.165) is 49.8 Å². The predicted molar refractivity (Wildman–Crippen MR) is 118 cm³/mol. The van der Waals surface area contributed by atoms with E-state index in [1.807, 2.05) is 27.0 Å². The smallest absolute Gasteiger partial charge is 0.191 e. The Labute approximate surface area is 177 Å². The second-order valence-electron chi connectivity index (χ2n) is 7.89. The zero-order valence-corrected chi connectivity index (χ0v) is 18.0. The highest BCUT2D eigenvalue weighted by Crippen LogP contribution is 2.19. The number of hydrogen-bond donors (Lipinski definition) is 2. The van der Waals surface area contributed by atoms with Gasteiger partial charge in [-0.15, -0.1) is 0 Å². The second kappa shape index (κ2) is 10.4. The predicted octanol–water partition coefficient (Wildman–Crippen LogP) is 4.00. The minimum absolute atomic E-state index is 0.00925. The van der Waals surface area contributed by atoms with Crippen LogP contribution in [0.1, 0.15) is 43.7 Å². The standard InChI is InChI=1S/C23H31F2N5/c1-4-26-23(28-15-17(3)18-6-7-20(24)21(25)13-18)29-19-9-11-30(12-10-19)22-8-5-16(2)14-27-22/h5-8,13-14,17,19H,4,9-12,15H2,1-3H3,(H2,26,28,29). The van der Waals surface area contributed by atoms with Crippen molar-refractivity contribution in [1.29, 1.82) is 0 Å². The number of nitrogens with one attached hydrogen (secondary N) is 2. The number of pyridine rings is 1. The first-order valence-corrected chi connectivity index (χ1v) is 10.6. The number of piperidine rings is 1. The summed E-state index contributed by atoms with van der Waals surface area (Å²) in [5.41, 5.74) is 1.91. The molecule has 1 aromatic heterocycles. The highest BCUT2D eigenvalue weighted by molar-refractivity contribution is 5.80. The van der Waals surface area contributed by atoms with Crippen LogP contribution in [0.15, 0.2) is 41.5 Å². The molecule has 162 valence electrons. The molecule has 0 amide bonds. The van der Waals surface area contributed by atoms with Crippen LogP contribution in [-0.2, 0) is 0 Å². The summed E-state index contributed by atoms with van der Waals surface area (Å²) in [4.78, 5) is 11.5. The first-order valence-electron chi connectivity index (χ1n) is 10.6. The third-order valence-corrected chi connectivity index (χ3v) is 5.44. The van der Waals surface area contributed by atoms with E-state index >= 15 is 0 Å². The topological polar surface area (TPSA) is 52.6 Å². The van der Waals surface area contributed by atoms with E-state index < -0.39 is 11.6 Å². The van der Waals surface area contributed by atoms with E-state index in [1.165, 1.54) is 17.7 Å². The normalized spacial score (nSPS) is 16.4. The summed E-state index contributed by atoms with van der Waals surface area (Å²) in [6.07, 6.45) is 3.90. The summed E-state index contributed by atoms with van der Waals surface area (Å²) in [6.45, 7) is 9.18. The van der Waals surface area contributed by atoms with Gasteiger partial charge in [0.1, 0.15) is 5.82 Å². The average Bonchev–Trinajstić information content (AvgIpc) is 2.75. The molecule has 1 aliphatic rings. The molecule has 7 heteroatoms. The van der Waals surface area contributed by atoms with E-state index in [0.29, 0.717) is 12.6 Å². The number of nitrogens with zero attached hydrogens (tertiary/aromatic N) is 3. The van der Waals surface area contributed by atoms with Gasteiger partial charge in [-0.05, 0) is 56.0 Å². The fraction of sp³-hybridized carbons (Fsp3) is 0.478. The molecular formula is C23H31F2N5. The van der Waals surface area contributed by atoms with Crippen LogP contribution < -0.4 is 15.5 Å². The summed E-state index contributed by atoms with van der Waals surface area (Å²) >= 11 is 0. The molecule has 1 aromatic carbocycles. The number of benzene rings is 1. The molecule has 5 nitrogen and oxygen atoms in total. The molecule has 0 spiro atoms. The molecule has 0 radical (unpaired) electrons. The summed E-state index contributed by atoms with van der Waals surface area (Å²) in [5.74, 6) is 0.142. The van der Waals surface area contributed by atoms with E-state index in [1.54, 1.807) is 6.07 Å². The van der Waals surface area contributed by atoms with Crippen LogP contribution in [-0.4, -0.2) is 43.2 Å². The van der Waals surface area contributed by atoms with Gasteiger partial charge in [0.15, 0.2) is 17.6 Å². The minimum atomic E-state index is -0.823. The molecule has 0 bridgehead atoms. The van der Waals surface area contributed by atoms with Crippen molar-refractivity contribution in [1.82, 2.24) is 15.6 Å². The zero-order valence-electron chi connectivity index (χ0n) is 18.0. The van der Waals surface area contributed by atoms with Gasteiger partial charge in [0, 0.05) is 44.3 Å². The summed E-state index contributed by atoms with van der Waals surface area (Å²) in [5, 5.41) is 6.81. The van der Waals surface area contributed by atoms with Crippen molar-refractivity contribution in [2.45, 2.75) is 45.6 Å². The lowest BCUT2D eigenvalue weighted by atomic mass is 10.0. The quantitative estimate of drug-likeness (QED) is 0.553. The van der Waals surface area contributed by atoms with E-state index in [2.05, 4.69) is 37.6 Å². The minimum Gasteiger partial charge on any atom is -0.357 e. The van der Waals surface area contributed by atoms with Crippen molar-refractivity contribution in [3.05, 3.63) is 59.3 Å². The van der Waals surface area contributed by atoms with Crippen molar-refractivity contribution in [2.75, 3.05) is 31.1 Å². The third-order valence-electron chi connectivity index (χ3n) is 5.44. The molecule has 0 aliphatic carbocycles. The Bertz CT molecular complexity index is 845. The lowest BCUT2D eigenvalue weighted by molar-refractivity contribution is 0.459. The maximum absolute atomic E-state index is 13.5. The Morgan fingerprint density at radius 3 is 2.60 bits per heavy atom. The zero-order chi connectivity index (χ0) is 21.5. The fourth-order valence-corrected chi connectivity index (χ4v) is 3.57. The summed E-state index contributed by atoms with van der Waals surface area (Å²) < 4.78 is 26.7. The molecule has 0 saturated carbocycles. The first kappa shape index (κ1) is 22.0. The molecule has 1 fully saturated rings. The lowest BCUT2D eigenvalue weighted by Crippen LogP contribution is -2.49. The molecule has 1 aliphatic heterocycles.